The molecule has 0 fully saturated rings. The van der Waals surface area contributed by atoms with Crippen LogP contribution in [0.25, 0.3) is 0 Å². The highest BCUT2D eigenvalue weighted by atomic mass is 16.4. The van der Waals surface area contributed by atoms with Gasteiger partial charge in [0, 0.05) is 12.4 Å². The zero-order valence-corrected chi connectivity index (χ0v) is 8.81. The van der Waals surface area contributed by atoms with Crippen molar-refractivity contribution < 1.29 is 9.90 Å². The van der Waals surface area contributed by atoms with Gasteiger partial charge in [0.15, 0.2) is 0 Å². The number of nitrogens with zero attached hydrogens (tertiary/aromatic N) is 1. The van der Waals surface area contributed by atoms with Crippen molar-refractivity contribution in [2.75, 3.05) is 0 Å². The molecule has 0 radical (unpaired) electrons. The van der Waals surface area contributed by atoms with Crippen molar-refractivity contribution in [2.45, 2.75) is 19.8 Å². The third-order valence-electron chi connectivity index (χ3n) is 2.15. The Morgan fingerprint density at radius 3 is 2.87 bits per heavy atom. The first-order valence-corrected chi connectivity index (χ1v) is 4.85. The maximum atomic E-state index is 11.0. The molecule has 0 saturated carbocycles. The van der Waals surface area contributed by atoms with Crippen LogP contribution in [0, 0.1) is 5.92 Å². The van der Waals surface area contributed by atoms with Gasteiger partial charge in [-0.1, -0.05) is 11.6 Å². The molecule has 1 aromatic heterocycles. The molecule has 1 rings (SSSR count). The molecular formula is C12H15NO2. The zero-order chi connectivity index (χ0) is 11.3. The Labute approximate surface area is 89.5 Å². The molecule has 15 heavy (non-hydrogen) atoms. The molecular weight excluding hydrogens is 190 g/mol. The van der Waals surface area contributed by atoms with Crippen LogP contribution < -0.4 is 0 Å². The van der Waals surface area contributed by atoms with E-state index in [2.05, 4.69) is 11.6 Å². The summed E-state index contributed by atoms with van der Waals surface area (Å²) >= 11 is 0. The molecule has 0 aliphatic carbocycles. The summed E-state index contributed by atoms with van der Waals surface area (Å²) in [5.74, 6) is -1.17. The van der Waals surface area contributed by atoms with Gasteiger partial charge in [-0.05, 0) is 31.4 Å². The molecule has 0 aliphatic rings. The van der Waals surface area contributed by atoms with E-state index in [-0.39, 0.29) is 0 Å². The highest BCUT2D eigenvalue weighted by Gasteiger charge is 2.17. The molecule has 0 spiro atoms. The maximum Gasteiger partial charge on any atom is 0.307 e. The predicted octanol–water partition coefficient (Wildman–Crippen LogP) is 2.29. The van der Waals surface area contributed by atoms with E-state index >= 15 is 0 Å². The van der Waals surface area contributed by atoms with Gasteiger partial charge < -0.3 is 5.11 Å². The number of rotatable bonds is 5. The van der Waals surface area contributed by atoms with Gasteiger partial charge in [-0.15, -0.1) is 6.58 Å². The van der Waals surface area contributed by atoms with Crippen LogP contribution in [0.2, 0.25) is 0 Å². The van der Waals surface area contributed by atoms with Gasteiger partial charge in [-0.3, -0.25) is 9.78 Å². The minimum atomic E-state index is -0.776. The van der Waals surface area contributed by atoms with Crippen LogP contribution in [-0.4, -0.2) is 16.1 Å². The first-order valence-electron chi connectivity index (χ1n) is 4.85. The summed E-state index contributed by atoms with van der Waals surface area (Å²) < 4.78 is 0. The van der Waals surface area contributed by atoms with E-state index in [0.717, 1.165) is 11.1 Å². The highest BCUT2D eigenvalue weighted by molar-refractivity contribution is 5.70. The summed E-state index contributed by atoms with van der Waals surface area (Å²) in [6, 6.07) is 3.70. The minimum Gasteiger partial charge on any atom is -0.481 e. The van der Waals surface area contributed by atoms with Crippen LogP contribution in [0.3, 0.4) is 0 Å². The van der Waals surface area contributed by atoms with Crippen molar-refractivity contribution in [3.05, 3.63) is 42.2 Å². The Bertz CT molecular complexity index is 346. The number of carboxylic acids is 1. The lowest BCUT2D eigenvalue weighted by Crippen LogP contribution is -2.16. The molecule has 1 aromatic rings. The van der Waals surface area contributed by atoms with Gasteiger partial charge in [-0.2, -0.15) is 0 Å². The smallest absolute Gasteiger partial charge is 0.307 e. The molecule has 0 saturated heterocycles. The number of aromatic nitrogens is 1. The topological polar surface area (TPSA) is 50.2 Å². The molecule has 1 unspecified atom stereocenters. The monoisotopic (exact) mass is 205 g/mol. The Balaban J connectivity index is 2.67. The second kappa shape index (κ2) is 5.29. The lowest BCUT2D eigenvalue weighted by Gasteiger charge is -2.11. The molecule has 80 valence electrons. The second-order valence-corrected chi connectivity index (χ2v) is 3.76. The molecule has 1 heterocycles. The number of hydrogen-bond acceptors (Lipinski definition) is 2. The molecule has 0 amide bonds. The standard InChI is InChI=1S/C12H15NO2/c1-9(2)6-11(12(14)15)7-10-4-3-5-13-8-10/h3-5,8,11H,1,6-7H2,2H3,(H,14,15). The van der Waals surface area contributed by atoms with Crippen molar-refractivity contribution in [2.24, 2.45) is 5.92 Å². The lowest BCUT2D eigenvalue weighted by atomic mass is 9.94. The van der Waals surface area contributed by atoms with Gasteiger partial charge in [0.05, 0.1) is 5.92 Å². The van der Waals surface area contributed by atoms with Crippen LogP contribution in [0.5, 0.6) is 0 Å². The molecule has 3 nitrogen and oxygen atoms in total. The van der Waals surface area contributed by atoms with Crippen LogP contribution in [0.4, 0.5) is 0 Å². The van der Waals surface area contributed by atoms with Crippen molar-refractivity contribution in [3.8, 4) is 0 Å². The molecule has 3 heteroatoms. The summed E-state index contributed by atoms with van der Waals surface area (Å²) in [5.41, 5.74) is 1.84. The van der Waals surface area contributed by atoms with Gasteiger partial charge >= 0.3 is 5.97 Å². The fraction of sp³-hybridized carbons (Fsp3) is 0.333. The van der Waals surface area contributed by atoms with Crippen molar-refractivity contribution >= 4 is 5.97 Å². The number of allylic oxidation sites excluding steroid dienone is 1. The van der Waals surface area contributed by atoms with E-state index < -0.39 is 11.9 Å². The zero-order valence-electron chi connectivity index (χ0n) is 8.81. The fourth-order valence-electron chi connectivity index (χ4n) is 1.47. The molecule has 0 aliphatic heterocycles. The van der Waals surface area contributed by atoms with Gasteiger partial charge in [0.2, 0.25) is 0 Å². The Hall–Kier alpha value is -1.64. The minimum absolute atomic E-state index is 0.397. The number of carbonyl (C=O) groups is 1. The van der Waals surface area contributed by atoms with Gasteiger partial charge in [-0.25, -0.2) is 0 Å². The molecule has 0 bridgehead atoms. The number of pyridine rings is 1. The fourth-order valence-corrected chi connectivity index (χ4v) is 1.47. The van der Waals surface area contributed by atoms with E-state index in [1.807, 2.05) is 19.1 Å². The largest absolute Gasteiger partial charge is 0.481 e. The quantitative estimate of drug-likeness (QED) is 0.750. The van der Waals surface area contributed by atoms with Crippen LogP contribution in [0.1, 0.15) is 18.9 Å². The SMILES string of the molecule is C=C(C)CC(Cc1cccnc1)C(=O)O. The second-order valence-electron chi connectivity index (χ2n) is 3.76. The third kappa shape index (κ3) is 3.94. The predicted molar refractivity (Wildman–Crippen MR) is 58.5 cm³/mol. The van der Waals surface area contributed by atoms with E-state index in [9.17, 15) is 4.79 Å². The summed E-state index contributed by atoms with van der Waals surface area (Å²) in [7, 11) is 0. The Morgan fingerprint density at radius 2 is 2.40 bits per heavy atom. The third-order valence-corrected chi connectivity index (χ3v) is 2.15. The van der Waals surface area contributed by atoms with Crippen LogP contribution >= 0.6 is 0 Å². The van der Waals surface area contributed by atoms with E-state index in [1.165, 1.54) is 0 Å². The molecule has 1 N–H and O–H groups in total. The average Bonchev–Trinajstić information content (AvgIpc) is 2.17. The Kier molecular flexibility index (Phi) is 4.03. The number of hydrogen-bond donors (Lipinski definition) is 1. The summed E-state index contributed by atoms with van der Waals surface area (Å²) in [6.45, 7) is 5.59. The number of carboxylic acid groups (broad SMARTS) is 1. The van der Waals surface area contributed by atoms with Crippen molar-refractivity contribution in [3.63, 3.8) is 0 Å². The first-order chi connectivity index (χ1) is 7.09. The normalized spacial score (nSPS) is 12.1. The molecule has 0 aromatic carbocycles. The summed E-state index contributed by atoms with van der Waals surface area (Å²) in [5, 5.41) is 9.02. The van der Waals surface area contributed by atoms with Crippen LogP contribution in [0.15, 0.2) is 36.7 Å². The highest BCUT2D eigenvalue weighted by Crippen LogP contribution is 2.15. The van der Waals surface area contributed by atoms with E-state index in [4.69, 9.17) is 5.11 Å². The number of aliphatic carboxylic acids is 1. The Morgan fingerprint density at radius 1 is 1.67 bits per heavy atom. The van der Waals surface area contributed by atoms with Crippen molar-refractivity contribution in [1.29, 1.82) is 0 Å². The van der Waals surface area contributed by atoms with E-state index in [1.54, 1.807) is 12.4 Å². The average molecular weight is 205 g/mol. The summed E-state index contributed by atoms with van der Waals surface area (Å²) in [6.07, 6.45) is 4.41. The van der Waals surface area contributed by atoms with Gasteiger partial charge in [0.25, 0.3) is 0 Å². The molecule has 1 atom stereocenters. The lowest BCUT2D eigenvalue weighted by molar-refractivity contribution is -0.141. The van der Waals surface area contributed by atoms with E-state index in [0.29, 0.717) is 12.8 Å². The maximum absolute atomic E-state index is 11.0. The van der Waals surface area contributed by atoms with Gasteiger partial charge in [0.1, 0.15) is 0 Å². The van der Waals surface area contributed by atoms with Crippen LogP contribution in [-0.2, 0) is 11.2 Å². The first kappa shape index (κ1) is 11.4. The summed E-state index contributed by atoms with van der Waals surface area (Å²) in [4.78, 5) is 14.9. The van der Waals surface area contributed by atoms with Crippen molar-refractivity contribution in [1.82, 2.24) is 4.98 Å².